The molecule has 2 aromatic rings. The molecule has 0 aliphatic heterocycles. The van der Waals surface area contributed by atoms with Crippen LogP contribution in [-0.2, 0) is 21.7 Å². The maximum atomic E-state index is 7.00. The van der Waals surface area contributed by atoms with E-state index in [0.717, 1.165) is 6.42 Å². The molecule has 0 atom stereocenters. The van der Waals surface area contributed by atoms with Crippen LogP contribution in [0.1, 0.15) is 31.4 Å². The van der Waals surface area contributed by atoms with Gasteiger partial charge in [0.15, 0.2) is 0 Å². The van der Waals surface area contributed by atoms with E-state index in [1.54, 1.807) is 12.1 Å². The van der Waals surface area contributed by atoms with Crippen molar-refractivity contribution in [2.24, 2.45) is 0 Å². The fourth-order valence-corrected chi connectivity index (χ4v) is 2.40. The molecule has 2 aromatic carbocycles. The minimum absolute atomic E-state index is 0. The smallest absolute Gasteiger partial charge is 0.699 e. The average Bonchev–Trinajstić information content (AvgIpc) is 2.94. The molecule has 0 bridgehead atoms. The molecule has 24 heavy (non-hydrogen) atoms. The van der Waals surface area contributed by atoms with Crippen molar-refractivity contribution in [3.63, 3.8) is 0 Å². The summed E-state index contributed by atoms with van der Waals surface area (Å²) in [6.07, 6.45) is 7.70. The van der Waals surface area contributed by atoms with Crippen molar-refractivity contribution in [1.82, 2.24) is 0 Å². The molecule has 0 heterocycles. The molecular formula is C20H23Cl2NTi. The summed E-state index contributed by atoms with van der Waals surface area (Å²) in [6.45, 7) is 4.28. The molecule has 0 amide bonds. The van der Waals surface area contributed by atoms with Crippen LogP contribution in [-0.4, -0.2) is 0 Å². The van der Waals surface area contributed by atoms with Gasteiger partial charge in [0, 0.05) is 0 Å². The first kappa shape index (κ1) is 25.1. The van der Waals surface area contributed by atoms with Gasteiger partial charge in [-0.2, -0.15) is 18.1 Å². The number of halogens is 2. The number of allylic oxidation sites excluding steroid dienone is 4. The van der Waals surface area contributed by atoms with Gasteiger partial charge in [-0.3, -0.25) is 0 Å². The topological polar surface area (TPSA) is 23.8 Å². The van der Waals surface area contributed by atoms with Gasteiger partial charge in [0.2, 0.25) is 0 Å². The van der Waals surface area contributed by atoms with Gasteiger partial charge in [-0.15, -0.1) is 48.2 Å². The van der Waals surface area contributed by atoms with Crippen molar-refractivity contribution in [3.05, 3.63) is 95.6 Å². The Hall–Kier alpha value is -1.12. The van der Waals surface area contributed by atoms with Crippen LogP contribution in [0.2, 0.25) is 0 Å². The summed E-state index contributed by atoms with van der Waals surface area (Å²) in [5.41, 5.74) is 13.2. The van der Waals surface area contributed by atoms with Gasteiger partial charge in [-0.25, -0.2) is 0 Å². The molecule has 1 nitrogen and oxygen atoms in total. The summed E-state index contributed by atoms with van der Waals surface area (Å²) in [4.78, 5) is 0. The first-order chi connectivity index (χ1) is 10.2. The molecule has 0 saturated heterocycles. The molecule has 0 saturated carbocycles. The van der Waals surface area contributed by atoms with Gasteiger partial charge in [0.1, 0.15) is 0 Å². The minimum atomic E-state index is 0. The maximum absolute atomic E-state index is 7.00. The molecule has 4 heteroatoms. The molecular weight excluding hydrogens is 373 g/mol. The van der Waals surface area contributed by atoms with Crippen LogP contribution in [0.4, 0.5) is 5.69 Å². The van der Waals surface area contributed by atoms with Crippen LogP contribution in [0, 0.1) is 6.42 Å². The van der Waals surface area contributed by atoms with E-state index in [2.05, 4.69) is 56.7 Å². The molecule has 1 aliphatic carbocycles. The summed E-state index contributed by atoms with van der Waals surface area (Å²) < 4.78 is 0. The molecule has 0 fully saturated rings. The van der Waals surface area contributed by atoms with E-state index < -0.39 is 0 Å². The summed E-state index contributed by atoms with van der Waals surface area (Å²) in [7, 11) is 0. The second-order valence-corrected chi connectivity index (χ2v) is 5.01. The number of hydrogen-bond acceptors (Lipinski definition) is 0. The molecule has 1 N–H and O–H groups in total. The van der Waals surface area contributed by atoms with Gasteiger partial charge >= 0.3 is 21.7 Å². The second-order valence-electron chi connectivity index (χ2n) is 5.01. The number of nitrogens with one attached hydrogen (secondary N) is 1. The maximum Gasteiger partial charge on any atom is 2.00 e. The third kappa shape index (κ3) is 7.19. The summed E-state index contributed by atoms with van der Waals surface area (Å²) in [5, 5.41) is 0. The molecule has 0 radical (unpaired) electrons. The zero-order valence-electron chi connectivity index (χ0n) is 14.0. The van der Waals surface area contributed by atoms with Crippen LogP contribution in [0.3, 0.4) is 0 Å². The van der Waals surface area contributed by atoms with Gasteiger partial charge in [-0.1, -0.05) is 66.6 Å². The Bertz CT molecular complexity index is 652. The fraction of sp³-hybridized carbons (Fsp3) is 0.150. The third-order valence-corrected chi connectivity index (χ3v) is 3.54. The van der Waals surface area contributed by atoms with Crippen molar-refractivity contribution in [1.29, 1.82) is 0 Å². The van der Waals surface area contributed by atoms with Gasteiger partial charge < -0.3 is 5.73 Å². The van der Waals surface area contributed by atoms with E-state index in [9.17, 15) is 0 Å². The summed E-state index contributed by atoms with van der Waals surface area (Å²) in [5.74, 6) is 0. The zero-order chi connectivity index (χ0) is 15.1. The SMILES string of the molecule is C[CH-]c1ccccc1C1=C(C)C=CC1.Cl.Cl.[NH-]c1ccccc1.[Ti+2]. The first-order valence-corrected chi connectivity index (χ1v) is 7.24. The largest absolute Gasteiger partial charge is 2.00 e. The number of rotatable bonds is 2. The van der Waals surface area contributed by atoms with Crippen LogP contribution in [0.25, 0.3) is 11.3 Å². The minimum Gasteiger partial charge on any atom is -0.699 e. The van der Waals surface area contributed by atoms with Crippen LogP contribution in [0.5, 0.6) is 0 Å². The van der Waals surface area contributed by atoms with Crippen LogP contribution >= 0.6 is 24.8 Å². The van der Waals surface area contributed by atoms with Crippen molar-refractivity contribution in [3.8, 4) is 0 Å². The predicted octanol–water partition coefficient (Wildman–Crippen LogP) is 7.20. The summed E-state index contributed by atoms with van der Waals surface area (Å²) >= 11 is 0. The van der Waals surface area contributed by atoms with E-state index in [4.69, 9.17) is 5.73 Å². The van der Waals surface area contributed by atoms with Crippen molar-refractivity contribution in [2.45, 2.75) is 20.3 Å². The van der Waals surface area contributed by atoms with Crippen LogP contribution < -0.4 is 0 Å². The summed E-state index contributed by atoms with van der Waals surface area (Å²) in [6, 6.07) is 17.7. The Morgan fingerprint density at radius 1 is 0.917 bits per heavy atom. The average molecular weight is 396 g/mol. The monoisotopic (exact) mass is 395 g/mol. The van der Waals surface area contributed by atoms with Crippen molar-refractivity contribution >= 4 is 36.1 Å². The normalized spacial score (nSPS) is 11.2. The molecule has 0 spiro atoms. The number of benzene rings is 2. The fourth-order valence-electron chi connectivity index (χ4n) is 2.40. The second kappa shape index (κ2) is 13.2. The van der Waals surface area contributed by atoms with Gasteiger partial charge in [-0.05, 0) is 13.3 Å². The quantitative estimate of drug-likeness (QED) is 0.379. The molecule has 126 valence electrons. The standard InChI is InChI=1S/C14H15.C6H6N.2ClH.Ti/c1-3-12-8-4-5-9-14(12)13-10-6-7-11(13)2;7-6-4-2-1-3-5-6;;;/h3-9H,10H2,1-2H3;1-5,7H;2*1H;/q2*-1;;;+2. The van der Waals surface area contributed by atoms with Crippen molar-refractivity contribution < 1.29 is 21.7 Å². The zero-order valence-corrected chi connectivity index (χ0v) is 17.1. The molecule has 3 rings (SSSR count). The Labute approximate surface area is 173 Å². The molecule has 0 unspecified atom stereocenters. The van der Waals surface area contributed by atoms with Crippen LogP contribution in [0.15, 0.2) is 72.3 Å². The molecule has 0 aromatic heterocycles. The third-order valence-electron chi connectivity index (χ3n) is 3.54. The van der Waals surface area contributed by atoms with E-state index in [1.807, 2.05) is 18.2 Å². The Kier molecular flexibility index (Phi) is 13.8. The van der Waals surface area contributed by atoms with E-state index in [0.29, 0.717) is 5.69 Å². The van der Waals surface area contributed by atoms with E-state index >= 15 is 0 Å². The Morgan fingerprint density at radius 3 is 1.96 bits per heavy atom. The first-order valence-electron chi connectivity index (χ1n) is 7.24. The van der Waals surface area contributed by atoms with Gasteiger partial charge in [0.05, 0.1) is 0 Å². The van der Waals surface area contributed by atoms with Crippen molar-refractivity contribution in [2.75, 3.05) is 0 Å². The number of hydrogen-bond donors (Lipinski definition) is 0. The van der Waals surface area contributed by atoms with E-state index in [1.165, 1.54) is 22.3 Å². The van der Waals surface area contributed by atoms with E-state index in [-0.39, 0.29) is 46.5 Å². The predicted molar refractivity (Wildman–Crippen MR) is 107 cm³/mol. The Morgan fingerprint density at radius 2 is 1.50 bits per heavy atom. The molecule has 1 aliphatic rings. The Balaban J connectivity index is 0. The van der Waals surface area contributed by atoms with Gasteiger partial charge in [0.25, 0.3) is 0 Å².